The maximum Gasteiger partial charge on any atom is 0.0906 e. The summed E-state index contributed by atoms with van der Waals surface area (Å²) in [5.74, 6) is 0. The van der Waals surface area contributed by atoms with Crippen molar-refractivity contribution in [1.29, 1.82) is 0 Å². The molecule has 2 aromatic rings. The zero-order valence-corrected chi connectivity index (χ0v) is 9.73. The van der Waals surface area contributed by atoms with Gasteiger partial charge in [0.1, 0.15) is 0 Å². The summed E-state index contributed by atoms with van der Waals surface area (Å²) in [7, 11) is 0. The van der Waals surface area contributed by atoms with Crippen LogP contribution in [-0.4, -0.2) is 4.98 Å². The van der Waals surface area contributed by atoms with Crippen LogP contribution in [0.4, 0.5) is 0 Å². The van der Waals surface area contributed by atoms with E-state index < -0.39 is 0 Å². The third-order valence-electron chi connectivity index (χ3n) is 2.39. The van der Waals surface area contributed by atoms with Gasteiger partial charge in [-0.2, -0.15) is 0 Å². The van der Waals surface area contributed by atoms with Crippen LogP contribution in [0, 0.1) is 6.92 Å². The molecule has 0 saturated carbocycles. The molecule has 2 N–H and O–H groups in total. The van der Waals surface area contributed by atoms with E-state index in [0.717, 1.165) is 22.2 Å². The van der Waals surface area contributed by atoms with Crippen molar-refractivity contribution >= 4 is 34.1 Å². The van der Waals surface area contributed by atoms with Gasteiger partial charge in [0.2, 0.25) is 0 Å². The molecule has 0 bridgehead atoms. The Morgan fingerprint density at radius 2 is 2.07 bits per heavy atom. The molecule has 0 amide bonds. The Bertz CT molecular complexity index is 523. The highest BCUT2D eigenvalue weighted by atomic mass is 35.5. The molecule has 2 rings (SSSR count). The van der Waals surface area contributed by atoms with E-state index in [2.05, 4.69) is 4.98 Å². The van der Waals surface area contributed by atoms with E-state index in [9.17, 15) is 0 Å². The van der Waals surface area contributed by atoms with E-state index >= 15 is 0 Å². The number of aryl methyl sites for hydroxylation is 1. The fourth-order valence-electron chi connectivity index (χ4n) is 1.52. The third kappa shape index (κ3) is 1.81. The molecule has 15 heavy (non-hydrogen) atoms. The lowest BCUT2D eigenvalue weighted by Crippen LogP contribution is -2.01. The average molecular weight is 241 g/mol. The van der Waals surface area contributed by atoms with Crippen molar-refractivity contribution in [1.82, 2.24) is 4.98 Å². The molecular weight excluding hydrogens is 231 g/mol. The highest BCUT2D eigenvalue weighted by Crippen LogP contribution is 2.30. The van der Waals surface area contributed by atoms with E-state index in [-0.39, 0.29) is 0 Å². The summed E-state index contributed by atoms with van der Waals surface area (Å²) in [6.45, 7) is 2.40. The summed E-state index contributed by atoms with van der Waals surface area (Å²) < 4.78 is 0. The Morgan fingerprint density at radius 1 is 1.33 bits per heavy atom. The molecule has 0 saturated heterocycles. The summed E-state index contributed by atoms with van der Waals surface area (Å²) in [5.41, 5.74) is 8.27. The fraction of sp³-hybridized carbons (Fsp3) is 0.182. The lowest BCUT2D eigenvalue weighted by molar-refractivity contribution is 1.02. The molecule has 0 aliphatic heterocycles. The Morgan fingerprint density at radius 3 is 2.73 bits per heavy atom. The smallest absolute Gasteiger partial charge is 0.0906 e. The summed E-state index contributed by atoms with van der Waals surface area (Å²) in [4.78, 5) is 4.41. The third-order valence-corrected chi connectivity index (χ3v) is 3.19. The molecule has 0 atom stereocenters. The molecule has 0 aliphatic rings. The molecule has 1 aromatic heterocycles. The lowest BCUT2D eigenvalue weighted by Gasteiger charge is -2.07. The SMILES string of the molecule is Cc1nc2c(Cl)c(Cl)ccc2cc1CN. The zero-order valence-electron chi connectivity index (χ0n) is 8.22. The minimum atomic E-state index is 0.481. The quantitative estimate of drug-likeness (QED) is 0.831. The van der Waals surface area contributed by atoms with E-state index in [1.165, 1.54) is 0 Å². The number of pyridine rings is 1. The standard InChI is InChI=1S/C11H10Cl2N2/c1-6-8(5-14)4-7-2-3-9(12)10(13)11(7)15-6/h2-4H,5,14H2,1H3. The number of rotatable bonds is 1. The molecule has 0 unspecified atom stereocenters. The first-order valence-electron chi connectivity index (χ1n) is 4.58. The molecule has 2 nitrogen and oxygen atoms in total. The average Bonchev–Trinajstić information content (AvgIpc) is 2.24. The summed E-state index contributed by atoms with van der Waals surface area (Å²) in [6, 6.07) is 5.67. The Hall–Kier alpha value is -0.830. The minimum absolute atomic E-state index is 0.481. The van der Waals surface area contributed by atoms with Crippen molar-refractivity contribution in [3.63, 3.8) is 0 Å². The van der Waals surface area contributed by atoms with Gasteiger partial charge in [-0.3, -0.25) is 4.98 Å². The topological polar surface area (TPSA) is 38.9 Å². The van der Waals surface area contributed by atoms with Gasteiger partial charge in [-0.05, 0) is 24.6 Å². The molecule has 0 aliphatic carbocycles. The van der Waals surface area contributed by atoms with Crippen molar-refractivity contribution in [2.75, 3.05) is 0 Å². The molecule has 4 heteroatoms. The van der Waals surface area contributed by atoms with Gasteiger partial charge in [0, 0.05) is 17.6 Å². The number of hydrogen-bond acceptors (Lipinski definition) is 2. The van der Waals surface area contributed by atoms with Crippen LogP contribution >= 0.6 is 23.2 Å². The number of benzene rings is 1. The largest absolute Gasteiger partial charge is 0.326 e. The lowest BCUT2D eigenvalue weighted by atomic mass is 10.1. The fourth-order valence-corrected chi connectivity index (χ4v) is 1.89. The second-order valence-electron chi connectivity index (χ2n) is 3.37. The van der Waals surface area contributed by atoms with Crippen LogP contribution in [0.1, 0.15) is 11.3 Å². The molecule has 78 valence electrons. The van der Waals surface area contributed by atoms with Crippen LogP contribution in [0.5, 0.6) is 0 Å². The van der Waals surface area contributed by atoms with Gasteiger partial charge >= 0.3 is 0 Å². The van der Waals surface area contributed by atoms with E-state index in [1.807, 2.05) is 19.1 Å². The van der Waals surface area contributed by atoms with E-state index in [1.54, 1.807) is 6.07 Å². The monoisotopic (exact) mass is 240 g/mol. The minimum Gasteiger partial charge on any atom is -0.326 e. The second kappa shape index (κ2) is 3.97. The molecule has 0 spiro atoms. The van der Waals surface area contributed by atoms with Crippen molar-refractivity contribution in [3.05, 3.63) is 39.5 Å². The zero-order chi connectivity index (χ0) is 11.0. The van der Waals surface area contributed by atoms with Gasteiger partial charge in [0.25, 0.3) is 0 Å². The normalized spacial score (nSPS) is 10.9. The maximum atomic E-state index is 6.07. The highest BCUT2D eigenvalue weighted by molar-refractivity contribution is 6.45. The van der Waals surface area contributed by atoms with Crippen LogP contribution < -0.4 is 5.73 Å². The predicted octanol–water partition coefficient (Wildman–Crippen LogP) is 3.31. The van der Waals surface area contributed by atoms with Crippen molar-refractivity contribution in [2.24, 2.45) is 5.73 Å². The molecular formula is C11H10Cl2N2. The van der Waals surface area contributed by atoms with Gasteiger partial charge in [-0.1, -0.05) is 29.3 Å². The molecule has 0 radical (unpaired) electrons. The summed E-state index contributed by atoms with van der Waals surface area (Å²) in [6.07, 6.45) is 0. The number of nitrogens with two attached hydrogens (primary N) is 1. The predicted molar refractivity (Wildman–Crippen MR) is 64.4 cm³/mol. The van der Waals surface area contributed by atoms with Crippen molar-refractivity contribution in [3.8, 4) is 0 Å². The molecule has 0 fully saturated rings. The van der Waals surface area contributed by atoms with Crippen LogP contribution in [0.15, 0.2) is 18.2 Å². The number of halogens is 2. The van der Waals surface area contributed by atoms with Crippen LogP contribution in [0.25, 0.3) is 10.9 Å². The van der Waals surface area contributed by atoms with E-state index in [4.69, 9.17) is 28.9 Å². The van der Waals surface area contributed by atoms with Crippen molar-refractivity contribution < 1.29 is 0 Å². The number of hydrogen-bond donors (Lipinski definition) is 1. The van der Waals surface area contributed by atoms with Gasteiger partial charge in [0.15, 0.2) is 0 Å². The number of fused-ring (bicyclic) bond motifs is 1. The Labute approximate surface area is 98.0 Å². The first-order valence-corrected chi connectivity index (χ1v) is 5.33. The summed E-state index contributed by atoms with van der Waals surface area (Å²) >= 11 is 12.0. The highest BCUT2D eigenvalue weighted by Gasteiger charge is 2.07. The second-order valence-corrected chi connectivity index (χ2v) is 4.16. The first-order chi connectivity index (χ1) is 7.13. The Balaban J connectivity index is 2.81. The first kappa shape index (κ1) is 10.7. The number of nitrogens with zero attached hydrogens (tertiary/aromatic N) is 1. The van der Waals surface area contributed by atoms with Crippen LogP contribution in [0.3, 0.4) is 0 Å². The van der Waals surface area contributed by atoms with E-state index in [0.29, 0.717) is 16.6 Å². The maximum absolute atomic E-state index is 6.07. The van der Waals surface area contributed by atoms with Crippen LogP contribution in [-0.2, 0) is 6.54 Å². The van der Waals surface area contributed by atoms with Gasteiger partial charge in [-0.15, -0.1) is 0 Å². The van der Waals surface area contributed by atoms with Gasteiger partial charge < -0.3 is 5.73 Å². The van der Waals surface area contributed by atoms with Crippen LogP contribution in [0.2, 0.25) is 10.0 Å². The van der Waals surface area contributed by atoms with Gasteiger partial charge in [0.05, 0.1) is 15.6 Å². The Kier molecular flexibility index (Phi) is 2.83. The molecule has 1 heterocycles. The number of aromatic nitrogens is 1. The molecule has 1 aromatic carbocycles. The van der Waals surface area contributed by atoms with Gasteiger partial charge in [-0.25, -0.2) is 0 Å². The summed E-state index contributed by atoms with van der Waals surface area (Å²) in [5, 5.41) is 1.99. The van der Waals surface area contributed by atoms with Crippen molar-refractivity contribution in [2.45, 2.75) is 13.5 Å².